The van der Waals surface area contributed by atoms with E-state index in [0.29, 0.717) is 19.4 Å². The van der Waals surface area contributed by atoms with E-state index in [0.717, 1.165) is 23.1 Å². The fourth-order valence-corrected chi connectivity index (χ4v) is 1.85. The van der Waals surface area contributed by atoms with Crippen molar-refractivity contribution < 1.29 is 4.79 Å². The molecule has 0 bridgehead atoms. The third-order valence-corrected chi connectivity index (χ3v) is 2.66. The molecule has 1 aliphatic carbocycles. The smallest absolute Gasteiger partial charge is 0.163 e. The van der Waals surface area contributed by atoms with Gasteiger partial charge < -0.3 is 0 Å². The number of ketones is 1. The topological polar surface area (TPSA) is 65.8 Å². The van der Waals surface area contributed by atoms with Crippen molar-refractivity contribution in [1.29, 1.82) is 0 Å². The molecule has 4 heteroatoms. The molecule has 2 rings (SSSR count). The molecule has 0 unspecified atom stereocenters. The van der Waals surface area contributed by atoms with Crippen molar-refractivity contribution in [2.75, 3.05) is 6.54 Å². The van der Waals surface area contributed by atoms with E-state index < -0.39 is 0 Å². The highest BCUT2D eigenvalue weighted by atomic mass is 16.1. The molecule has 0 amide bonds. The second-order valence-electron chi connectivity index (χ2n) is 3.80. The molecule has 17 heavy (non-hydrogen) atoms. The first-order valence-electron chi connectivity index (χ1n) is 5.47. The van der Waals surface area contributed by atoms with Crippen LogP contribution in [0.1, 0.15) is 34.3 Å². The summed E-state index contributed by atoms with van der Waals surface area (Å²) < 4.78 is 0. The summed E-state index contributed by atoms with van der Waals surface area (Å²) >= 11 is 0. The minimum Gasteiger partial charge on any atom is -0.294 e. The molecule has 4 nitrogen and oxygen atoms in total. The van der Waals surface area contributed by atoms with E-state index in [1.165, 1.54) is 0 Å². The number of rotatable bonds is 2. The second-order valence-corrected chi connectivity index (χ2v) is 3.80. The lowest BCUT2D eigenvalue weighted by molar-refractivity contribution is 0.0994. The van der Waals surface area contributed by atoms with Crippen LogP contribution in [0.25, 0.3) is 10.4 Å². The number of carbonyl (C=O) groups excluding carboxylic acids is 1. The van der Waals surface area contributed by atoms with Gasteiger partial charge in [0.2, 0.25) is 0 Å². The predicted molar refractivity (Wildman–Crippen MR) is 64.6 cm³/mol. The lowest BCUT2D eigenvalue weighted by Crippen LogP contribution is -1.90. The maximum atomic E-state index is 11.4. The van der Waals surface area contributed by atoms with Crippen LogP contribution in [-0.2, 0) is 6.42 Å². The number of Topliss-reactive ketones (excluding diaryl/α,β-unsaturated/α-hetero) is 1. The van der Waals surface area contributed by atoms with Crippen LogP contribution in [-0.4, -0.2) is 12.3 Å². The van der Waals surface area contributed by atoms with Crippen molar-refractivity contribution >= 4 is 5.78 Å². The Morgan fingerprint density at radius 2 is 2.29 bits per heavy atom. The van der Waals surface area contributed by atoms with E-state index in [1.54, 1.807) is 0 Å². The summed E-state index contributed by atoms with van der Waals surface area (Å²) in [5, 5.41) is 3.40. The summed E-state index contributed by atoms with van der Waals surface area (Å²) in [6.45, 7) is 0.396. The summed E-state index contributed by atoms with van der Waals surface area (Å²) in [7, 11) is 0. The van der Waals surface area contributed by atoms with Crippen molar-refractivity contribution in [3.05, 3.63) is 45.3 Å². The van der Waals surface area contributed by atoms with Crippen molar-refractivity contribution in [2.24, 2.45) is 5.11 Å². The third-order valence-electron chi connectivity index (χ3n) is 2.66. The van der Waals surface area contributed by atoms with Gasteiger partial charge in [-0.25, -0.2) is 0 Å². The van der Waals surface area contributed by atoms with Gasteiger partial charge in [-0.15, -0.1) is 0 Å². The molecule has 1 aromatic rings. The minimum atomic E-state index is 0.225. The van der Waals surface area contributed by atoms with Crippen LogP contribution in [0.4, 0.5) is 0 Å². The zero-order valence-corrected chi connectivity index (χ0v) is 9.31. The number of benzene rings is 1. The van der Waals surface area contributed by atoms with Gasteiger partial charge in [0.05, 0.1) is 0 Å². The molecule has 0 saturated carbocycles. The number of fused-ring (bicyclic) bond motifs is 1. The third kappa shape index (κ3) is 2.66. The predicted octanol–water partition coefficient (Wildman–Crippen LogP) is 2.87. The Labute approximate surface area is 99.3 Å². The zero-order valence-electron chi connectivity index (χ0n) is 9.31. The van der Waals surface area contributed by atoms with Crippen molar-refractivity contribution in [2.45, 2.75) is 19.3 Å². The first-order chi connectivity index (χ1) is 8.31. The molecule has 0 spiro atoms. The van der Waals surface area contributed by atoms with Crippen LogP contribution < -0.4 is 0 Å². The fourth-order valence-electron chi connectivity index (χ4n) is 1.85. The Bertz CT molecular complexity index is 560. The highest BCUT2D eigenvalue weighted by Gasteiger charge is 2.18. The number of aryl methyl sites for hydroxylation is 1. The highest BCUT2D eigenvalue weighted by Crippen LogP contribution is 2.22. The molecular weight excluding hydrogens is 214 g/mol. The Balaban J connectivity index is 2.08. The zero-order chi connectivity index (χ0) is 12.1. The summed E-state index contributed by atoms with van der Waals surface area (Å²) in [5.41, 5.74) is 10.9. The Hall–Kier alpha value is -2.24. The first-order valence-corrected chi connectivity index (χ1v) is 5.47. The Morgan fingerprint density at radius 1 is 1.41 bits per heavy atom. The lowest BCUT2D eigenvalue weighted by atomic mass is 10.1. The molecular formula is C13H11N3O. The second kappa shape index (κ2) is 5.20. The van der Waals surface area contributed by atoms with Crippen LogP contribution in [0.5, 0.6) is 0 Å². The summed E-state index contributed by atoms with van der Waals surface area (Å²) in [6, 6.07) is 5.69. The van der Waals surface area contributed by atoms with Crippen LogP contribution in [0, 0.1) is 11.8 Å². The van der Waals surface area contributed by atoms with E-state index >= 15 is 0 Å². The standard InChI is InChI=1S/C13H11N3O/c14-16-15-8-2-1-3-10-4-6-12-11(9-10)5-7-13(12)17/h4,6,9H,2,5,7-8H2. The van der Waals surface area contributed by atoms with Gasteiger partial charge in [0, 0.05) is 35.4 Å². The molecule has 1 aromatic carbocycles. The Kier molecular flexibility index (Phi) is 3.44. The van der Waals surface area contributed by atoms with Gasteiger partial charge in [0.25, 0.3) is 0 Å². The molecule has 0 saturated heterocycles. The van der Waals surface area contributed by atoms with Gasteiger partial charge in [-0.1, -0.05) is 17.0 Å². The van der Waals surface area contributed by atoms with Crippen molar-refractivity contribution in [3.63, 3.8) is 0 Å². The van der Waals surface area contributed by atoms with E-state index in [4.69, 9.17) is 5.53 Å². The van der Waals surface area contributed by atoms with Crippen LogP contribution in [0.3, 0.4) is 0 Å². The SMILES string of the molecule is [N-]=[N+]=NCCC#Cc1ccc2c(c1)CCC2=O. The number of azide groups is 1. The van der Waals surface area contributed by atoms with Crippen LogP contribution in [0.15, 0.2) is 23.3 Å². The van der Waals surface area contributed by atoms with Gasteiger partial charge in [0.15, 0.2) is 5.78 Å². The normalized spacial score (nSPS) is 12.4. The monoisotopic (exact) mass is 225 g/mol. The molecule has 84 valence electrons. The molecule has 0 aromatic heterocycles. The summed E-state index contributed by atoms with van der Waals surface area (Å²) in [5.74, 6) is 6.17. The van der Waals surface area contributed by atoms with Crippen LogP contribution >= 0.6 is 0 Å². The lowest BCUT2D eigenvalue weighted by Gasteiger charge is -1.97. The van der Waals surface area contributed by atoms with E-state index in [9.17, 15) is 4.79 Å². The highest BCUT2D eigenvalue weighted by molar-refractivity contribution is 6.00. The van der Waals surface area contributed by atoms with Gasteiger partial charge in [-0.3, -0.25) is 4.79 Å². The fraction of sp³-hybridized carbons (Fsp3) is 0.308. The molecule has 1 aliphatic rings. The molecule has 0 fully saturated rings. The number of carbonyl (C=O) groups is 1. The van der Waals surface area contributed by atoms with Gasteiger partial charge >= 0.3 is 0 Å². The number of hydrogen-bond acceptors (Lipinski definition) is 2. The van der Waals surface area contributed by atoms with Crippen LogP contribution in [0.2, 0.25) is 0 Å². The first kappa shape index (κ1) is 11.3. The van der Waals surface area contributed by atoms with E-state index in [2.05, 4.69) is 21.9 Å². The summed E-state index contributed by atoms with van der Waals surface area (Å²) in [4.78, 5) is 14.1. The Morgan fingerprint density at radius 3 is 3.12 bits per heavy atom. The van der Waals surface area contributed by atoms with Gasteiger partial charge in [-0.05, 0) is 35.7 Å². The molecule has 0 atom stereocenters. The van der Waals surface area contributed by atoms with Crippen molar-refractivity contribution in [3.8, 4) is 11.8 Å². The molecule has 0 radical (unpaired) electrons. The van der Waals surface area contributed by atoms with E-state index in [-0.39, 0.29) is 5.78 Å². The van der Waals surface area contributed by atoms with E-state index in [1.807, 2.05) is 18.2 Å². The van der Waals surface area contributed by atoms with Gasteiger partial charge in [-0.2, -0.15) is 0 Å². The number of nitrogens with zero attached hydrogens (tertiary/aromatic N) is 3. The maximum absolute atomic E-state index is 11.4. The molecule has 0 N–H and O–H groups in total. The maximum Gasteiger partial charge on any atom is 0.163 e. The quantitative estimate of drug-likeness (QED) is 0.251. The average molecular weight is 225 g/mol. The number of hydrogen-bond donors (Lipinski definition) is 0. The summed E-state index contributed by atoms with van der Waals surface area (Å²) in [6.07, 6.45) is 1.99. The average Bonchev–Trinajstić information content (AvgIpc) is 2.71. The molecule has 0 aliphatic heterocycles. The van der Waals surface area contributed by atoms with Crippen molar-refractivity contribution in [1.82, 2.24) is 0 Å². The largest absolute Gasteiger partial charge is 0.294 e. The minimum absolute atomic E-state index is 0.225. The molecule has 0 heterocycles. The van der Waals surface area contributed by atoms with Gasteiger partial charge in [0.1, 0.15) is 0 Å².